The van der Waals surface area contributed by atoms with Gasteiger partial charge in [0.2, 0.25) is 5.82 Å². The fraction of sp³-hybridized carbons (Fsp3) is 0.371. The van der Waals surface area contributed by atoms with Crippen molar-refractivity contribution in [2.45, 2.75) is 56.5 Å². The topological polar surface area (TPSA) is 215 Å². The standard InChI is InChI=1S/C35H42N10O5/c1-2-36-35(50)38-15-9-14-37-34(49)33-43-31(39-18-25(22-10-5-3-6-11-22)23-12-7-4-8-13-23)27-32(44-33)42-30(41-27)24-16-26(29(48)28(24)47)45-19-21(20-46)17-40-45/h3-8,10-13,17,19,24-26,28-29,46-48H,2,9,14-16,18,20H2,1H3,(H,37,49)(H2,36,38,50)(H2,39,41,42,43,44)/t24-,26-,28-,29+/m0/s1. The molecule has 3 heterocycles. The van der Waals surface area contributed by atoms with Crippen LogP contribution in [0.15, 0.2) is 73.1 Å². The Morgan fingerprint density at radius 1 is 0.940 bits per heavy atom. The number of aromatic nitrogens is 6. The highest BCUT2D eigenvalue weighted by molar-refractivity contribution is 5.94. The van der Waals surface area contributed by atoms with E-state index in [1.54, 1.807) is 10.9 Å². The molecule has 0 aliphatic heterocycles. The Bertz CT molecular complexity index is 1840. The van der Waals surface area contributed by atoms with Gasteiger partial charge < -0.3 is 41.6 Å². The van der Waals surface area contributed by atoms with Gasteiger partial charge in [-0.25, -0.2) is 19.7 Å². The van der Waals surface area contributed by atoms with Crippen LogP contribution < -0.4 is 21.3 Å². The van der Waals surface area contributed by atoms with E-state index in [0.29, 0.717) is 60.8 Å². The molecule has 15 nitrogen and oxygen atoms in total. The van der Waals surface area contributed by atoms with Gasteiger partial charge in [0.05, 0.1) is 24.9 Å². The van der Waals surface area contributed by atoms with Gasteiger partial charge in [-0.1, -0.05) is 60.7 Å². The van der Waals surface area contributed by atoms with Gasteiger partial charge in [-0.2, -0.15) is 5.10 Å². The molecule has 0 saturated heterocycles. The number of urea groups is 1. The van der Waals surface area contributed by atoms with Crippen molar-refractivity contribution in [1.29, 1.82) is 0 Å². The molecule has 262 valence electrons. The third kappa shape index (κ3) is 7.75. The molecule has 1 fully saturated rings. The van der Waals surface area contributed by atoms with Crippen molar-refractivity contribution in [2.75, 3.05) is 31.5 Å². The minimum Gasteiger partial charge on any atom is -0.392 e. The van der Waals surface area contributed by atoms with Gasteiger partial charge in [-0.05, 0) is 30.9 Å². The van der Waals surface area contributed by atoms with Crippen LogP contribution in [-0.2, 0) is 6.61 Å². The maximum Gasteiger partial charge on any atom is 0.314 e. The van der Waals surface area contributed by atoms with Gasteiger partial charge in [0, 0.05) is 49.8 Å². The molecule has 0 bridgehead atoms. The summed E-state index contributed by atoms with van der Waals surface area (Å²) in [6.07, 6.45) is 1.68. The summed E-state index contributed by atoms with van der Waals surface area (Å²) in [5.74, 6) is -0.516. The number of nitrogens with one attached hydrogen (secondary N) is 5. The number of rotatable bonds is 14. The quantitative estimate of drug-likeness (QED) is 0.0799. The number of carbonyl (C=O) groups is 2. The molecule has 4 atom stereocenters. The maximum atomic E-state index is 13.3. The summed E-state index contributed by atoms with van der Waals surface area (Å²) in [5, 5.41) is 47.5. The summed E-state index contributed by atoms with van der Waals surface area (Å²) in [6, 6.07) is 19.3. The largest absolute Gasteiger partial charge is 0.392 e. The number of aliphatic hydroxyl groups is 3. The number of hydrogen-bond donors (Lipinski definition) is 8. The average Bonchev–Trinajstić information content (AvgIpc) is 3.86. The first-order chi connectivity index (χ1) is 24.4. The lowest BCUT2D eigenvalue weighted by molar-refractivity contribution is 0.0143. The molecule has 0 radical (unpaired) electrons. The van der Waals surface area contributed by atoms with Crippen LogP contribution in [0, 0.1) is 0 Å². The number of H-pyrrole nitrogens is 1. The van der Waals surface area contributed by atoms with Crippen LogP contribution in [0.5, 0.6) is 0 Å². The van der Waals surface area contributed by atoms with E-state index in [1.165, 1.54) is 6.20 Å². The summed E-state index contributed by atoms with van der Waals surface area (Å²) in [4.78, 5) is 42.1. The molecule has 6 rings (SSSR count). The van der Waals surface area contributed by atoms with Crippen LogP contribution >= 0.6 is 0 Å². The number of benzene rings is 2. The molecular weight excluding hydrogens is 640 g/mol. The van der Waals surface area contributed by atoms with Gasteiger partial charge in [-0.3, -0.25) is 9.48 Å². The van der Waals surface area contributed by atoms with Crippen molar-refractivity contribution < 1.29 is 24.9 Å². The van der Waals surface area contributed by atoms with Crippen molar-refractivity contribution in [3.05, 3.63) is 101 Å². The van der Waals surface area contributed by atoms with Crippen LogP contribution in [0.3, 0.4) is 0 Å². The fourth-order valence-electron chi connectivity index (χ4n) is 6.29. The molecule has 15 heteroatoms. The smallest absolute Gasteiger partial charge is 0.314 e. The first kappa shape index (κ1) is 34.5. The second-order valence-electron chi connectivity index (χ2n) is 12.2. The molecule has 5 aromatic rings. The SMILES string of the molecule is CCNC(=O)NCCCNC(=O)c1nc(NCC(c2ccccc2)c2ccccc2)c2nc([C@H]3C[C@H](n4cc(CO)cn4)[C@@H](O)[C@H]3O)[nH]c2n1. The summed E-state index contributed by atoms with van der Waals surface area (Å²) in [7, 11) is 0. The number of nitrogens with zero attached hydrogens (tertiary/aromatic N) is 5. The van der Waals surface area contributed by atoms with Gasteiger partial charge in [0.1, 0.15) is 11.9 Å². The summed E-state index contributed by atoms with van der Waals surface area (Å²) >= 11 is 0. The Morgan fingerprint density at radius 2 is 1.64 bits per heavy atom. The van der Waals surface area contributed by atoms with Crippen molar-refractivity contribution >= 4 is 28.9 Å². The Labute approximate surface area is 288 Å². The van der Waals surface area contributed by atoms with Crippen molar-refractivity contribution in [3.63, 3.8) is 0 Å². The fourth-order valence-corrected chi connectivity index (χ4v) is 6.29. The summed E-state index contributed by atoms with van der Waals surface area (Å²) in [5.41, 5.74) is 3.46. The van der Waals surface area contributed by atoms with E-state index in [1.807, 2.05) is 43.3 Å². The number of anilines is 1. The van der Waals surface area contributed by atoms with Gasteiger partial charge in [0.15, 0.2) is 17.0 Å². The van der Waals surface area contributed by atoms with Crippen LogP contribution in [0.25, 0.3) is 11.2 Å². The number of amides is 3. The maximum absolute atomic E-state index is 13.3. The third-order valence-corrected chi connectivity index (χ3v) is 8.89. The van der Waals surface area contributed by atoms with Crippen molar-refractivity contribution in [3.8, 4) is 0 Å². The van der Waals surface area contributed by atoms with E-state index >= 15 is 0 Å². The van der Waals surface area contributed by atoms with Gasteiger partial charge >= 0.3 is 6.03 Å². The third-order valence-electron chi connectivity index (χ3n) is 8.89. The number of aliphatic hydroxyl groups excluding tert-OH is 3. The van der Waals surface area contributed by atoms with E-state index in [0.717, 1.165) is 11.1 Å². The van der Waals surface area contributed by atoms with E-state index in [2.05, 4.69) is 65.6 Å². The van der Waals surface area contributed by atoms with Crippen LogP contribution in [-0.4, -0.2) is 95.4 Å². The molecule has 1 aliphatic carbocycles. The zero-order chi connectivity index (χ0) is 35.0. The van der Waals surface area contributed by atoms with E-state index in [-0.39, 0.29) is 30.9 Å². The Morgan fingerprint density at radius 3 is 2.30 bits per heavy atom. The highest BCUT2D eigenvalue weighted by atomic mass is 16.3. The normalized spacial score (nSPS) is 18.7. The number of carbonyl (C=O) groups excluding carboxylic acids is 2. The lowest BCUT2D eigenvalue weighted by Gasteiger charge is -2.19. The molecule has 2 aromatic carbocycles. The molecule has 8 N–H and O–H groups in total. The highest BCUT2D eigenvalue weighted by Gasteiger charge is 2.45. The molecule has 3 aromatic heterocycles. The van der Waals surface area contributed by atoms with Crippen LogP contribution in [0.1, 0.15) is 70.8 Å². The minimum absolute atomic E-state index is 0.0547. The molecule has 0 spiro atoms. The monoisotopic (exact) mass is 682 g/mol. The average molecular weight is 683 g/mol. The molecule has 1 aliphatic rings. The highest BCUT2D eigenvalue weighted by Crippen LogP contribution is 2.41. The lowest BCUT2D eigenvalue weighted by Crippen LogP contribution is -2.37. The van der Waals surface area contributed by atoms with E-state index in [4.69, 9.17) is 4.98 Å². The summed E-state index contributed by atoms with van der Waals surface area (Å²) < 4.78 is 1.55. The Kier molecular flexibility index (Phi) is 11.0. The van der Waals surface area contributed by atoms with Crippen molar-refractivity contribution in [1.82, 2.24) is 45.7 Å². The zero-order valence-electron chi connectivity index (χ0n) is 27.7. The predicted molar refractivity (Wildman–Crippen MR) is 185 cm³/mol. The van der Waals surface area contributed by atoms with Gasteiger partial charge in [0.25, 0.3) is 5.91 Å². The zero-order valence-corrected chi connectivity index (χ0v) is 27.7. The molecule has 1 saturated carbocycles. The molecule has 0 unspecified atom stereocenters. The Balaban J connectivity index is 1.28. The number of aromatic amines is 1. The number of hydrogen-bond acceptors (Lipinski definition) is 10. The number of fused-ring (bicyclic) bond motifs is 1. The van der Waals surface area contributed by atoms with Crippen LogP contribution in [0.4, 0.5) is 10.6 Å². The van der Waals surface area contributed by atoms with Gasteiger partial charge in [-0.15, -0.1) is 0 Å². The first-order valence-electron chi connectivity index (χ1n) is 16.8. The van der Waals surface area contributed by atoms with Crippen LogP contribution in [0.2, 0.25) is 0 Å². The number of imidazole rings is 1. The van der Waals surface area contributed by atoms with Crippen molar-refractivity contribution in [2.24, 2.45) is 0 Å². The predicted octanol–water partition coefficient (Wildman–Crippen LogP) is 2.18. The second kappa shape index (κ2) is 15.9. The first-order valence-corrected chi connectivity index (χ1v) is 16.8. The molecule has 3 amide bonds. The second-order valence-corrected chi connectivity index (χ2v) is 12.2. The molecular formula is C35H42N10O5. The molecule has 50 heavy (non-hydrogen) atoms. The minimum atomic E-state index is -1.16. The van der Waals surface area contributed by atoms with E-state index < -0.39 is 30.1 Å². The lowest BCUT2D eigenvalue weighted by atomic mass is 9.91. The van der Waals surface area contributed by atoms with E-state index in [9.17, 15) is 24.9 Å². The Hall–Kier alpha value is -5.38. The summed E-state index contributed by atoms with van der Waals surface area (Å²) in [6.45, 7) is 3.24.